The minimum absolute atomic E-state index is 0.0642. The lowest BCUT2D eigenvalue weighted by Gasteiger charge is -2.13. The molecule has 0 bridgehead atoms. The Labute approximate surface area is 202 Å². The first-order valence-electron chi connectivity index (χ1n) is 10.9. The zero-order valence-electron chi connectivity index (χ0n) is 19.1. The molecule has 0 unspecified atom stereocenters. The van der Waals surface area contributed by atoms with Gasteiger partial charge in [-0.25, -0.2) is 0 Å². The molecule has 1 N–H and O–H groups in total. The summed E-state index contributed by atoms with van der Waals surface area (Å²) in [7, 11) is 0. The van der Waals surface area contributed by atoms with E-state index in [1.807, 2.05) is 26.8 Å². The number of fused-ring (bicyclic) bond motifs is 1. The summed E-state index contributed by atoms with van der Waals surface area (Å²) in [6.45, 7) is 5.93. The molecule has 0 aliphatic heterocycles. The van der Waals surface area contributed by atoms with Crippen LogP contribution in [0.3, 0.4) is 0 Å². The molecule has 4 aromatic rings. The zero-order chi connectivity index (χ0) is 24.2. The van der Waals surface area contributed by atoms with Gasteiger partial charge in [0.05, 0.1) is 17.0 Å². The summed E-state index contributed by atoms with van der Waals surface area (Å²) >= 11 is 6.39. The van der Waals surface area contributed by atoms with E-state index in [-0.39, 0.29) is 23.5 Å². The maximum absolute atomic E-state index is 13.4. The molecular weight excluding hydrogens is 454 g/mol. The van der Waals surface area contributed by atoms with Gasteiger partial charge in [-0.05, 0) is 80.4 Å². The van der Waals surface area contributed by atoms with E-state index in [1.54, 1.807) is 54.6 Å². The van der Waals surface area contributed by atoms with Crippen molar-refractivity contribution in [3.05, 3.63) is 87.0 Å². The summed E-state index contributed by atoms with van der Waals surface area (Å²) in [6.07, 6.45) is 0. The normalized spacial score (nSPS) is 10.8. The third kappa shape index (κ3) is 4.92. The van der Waals surface area contributed by atoms with Gasteiger partial charge < -0.3 is 19.2 Å². The van der Waals surface area contributed by atoms with Crippen molar-refractivity contribution in [1.29, 1.82) is 0 Å². The second-order valence-corrected chi connectivity index (χ2v) is 8.20. The number of amides is 1. The lowest BCUT2D eigenvalue weighted by Crippen LogP contribution is -2.22. The van der Waals surface area contributed by atoms with Gasteiger partial charge in [-0.3, -0.25) is 9.59 Å². The van der Waals surface area contributed by atoms with E-state index in [1.165, 1.54) is 0 Å². The van der Waals surface area contributed by atoms with E-state index in [9.17, 15) is 9.59 Å². The van der Waals surface area contributed by atoms with Crippen LogP contribution in [0.15, 0.2) is 69.9 Å². The molecule has 0 fully saturated rings. The smallest absolute Gasteiger partial charge is 0.262 e. The molecule has 7 heteroatoms. The van der Waals surface area contributed by atoms with Crippen LogP contribution < -0.4 is 20.2 Å². The molecule has 0 radical (unpaired) electrons. The average Bonchev–Trinajstić information content (AvgIpc) is 2.81. The largest absolute Gasteiger partial charge is 0.494 e. The average molecular weight is 478 g/mol. The Kier molecular flexibility index (Phi) is 6.89. The molecule has 0 spiro atoms. The van der Waals surface area contributed by atoms with Crippen molar-refractivity contribution >= 4 is 34.2 Å². The van der Waals surface area contributed by atoms with Gasteiger partial charge in [0.2, 0.25) is 11.2 Å². The Morgan fingerprint density at radius 3 is 2.41 bits per heavy atom. The fourth-order valence-electron chi connectivity index (χ4n) is 3.52. The van der Waals surface area contributed by atoms with E-state index >= 15 is 0 Å². The van der Waals surface area contributed by atoms with E-state index in [0.29, 0.717) is 39.6 Å². The highest BCUT2D eigenvalue weighted by molar-refractivity contribution is 6.33. The van der Waals surface area contributed by atoms with Crippen molar-refractivity contribution < 1.29 is 18.7 Å². The molecule has 1 amide bonds. The first-order chi connectivity index (χ1) is 16.4. The number of carbonyl (C=O) groups excluding carboxylic acids is 1. The van der Waals surface area contributed by atoms with Gasteiger partial charge in [0.15, 0.2) is 12.4 Å². The standard InChI is InChI=1S/C27H24ClNO5/c1-4-32-19-11-9-18(10-12-19)29-24(30)15-33-27-25(31)21-13-16(2)17(3)14-23(21)34-26(27)20-7-5-6-8-22(20)28/h5-14H,4,15H2,1-3H3,(H,29,30). The maximum Gasteiger partial charge on any atom is 0.262 e. The molecule has 0 aliphatic rings. The van der Waals surface area contributed by atoms with Gasteiger partial charge in [0, 0.05) is 11.3 Å². The van der Waals surface area contributed by atoms with Crippen molar-refractivity contribution in [3.63, 3.8) is 0 Å². The molecule has 0 aliphatic carbocycles. The monoisotopic (exact) mass is 477 g/mol. The highest BCUT2D eigenvalue weighted by atomic mass is 35.5. The van der Waals surface area contributed by atoms with Crippen LogP contribution >= 0.6 is 11.6 Å². The lowest BCUT2D eigenvalue weighted by molar-refractivity contribution is -0.118. The summed E-state index contributed by atoms with van der Waals surface area (Å²) < 4.78 is 17.3. The predicted octanol–water partition coefficient (Wildman–Crippen LogP) is 6.15. The lowest BCUT2D eigenvalue weighted by atomic mass is 10.0. The number of halogens is 1. The number of ether oxygens (including phenoxy) is 2. The quantitative estimate of drug-likeness (QED) is 0.345. The van der Waals surface area contributed by atoms with Crippen LogP contribution in [0.2, 0.25) is 5.02 Å². The molecule has 0 saturated carbocycles. The van der Waals surface area contributed by atoms with Gasteiger partial charge >= 0.3 is 0 Å². The number of nitrogens with one attached hydrogen (secondary N) is 1. The van der Waals surface area contributed by atoms with Gasteiger partial charge in [-0.2, -0.15) is 0 Å². The molecule has 6 nitrogen and oxygen atoms in total. The molecule has 0 atom stereocenters. The summed E-state index contributed by atoms with van der Waals surface area (Å²) in [5, 5.41) is 3.52. The third-order valence-corrected chi connectivity index (χ3v) is 5.71. The SMILES string of the molecule is CCOc1ccc(NC(=O)COc2c(-c3ccccc3Cl)oc3cc(C)c(C)cc3c2=O)cc1. The number of rotatable bonds is 7. The first-order valence-corrected chi connectivity index (χ1v) is 11.2. The minimum atomic E-state index is -0.422. The number of aryl methyl sites for hydroxylation is 2. The fraction of sp³-hybridized carbons (Fsp3) is 0.185. The van der Waals surface area contributed by atoms with Crippen LogP contribution in [0.25, 0.3) is 22.3 Å². The summed E-state index contributed by atoms with van der Waals surface area (Å²) in [4.78, 5) is 26.0. The van der Waals surface area contributed by atoms with Crippen LogP contribution in [0, 0.1) is 13.8 Å². The summed E-state index contributed by atoms with van der Waals surface area (Å²) in [5.41, 5.74) is 3.08. The van der Waals surface area contributed by atoms with Crippen molar-refractivity contribution in [2.75, 3.05) is 18.5 Å². The van der Waals surface area contributed by atoms with E-state index in [0.717, 1.165) is 11.1 Å². The van der Waals surface area contributed by atoms with Crippen LogP contribution in [-0.2, 0) is 4.79 Å². The van der Waals surface area contributed by atoms with Crippen molar-refractivity contribution in [3.8, 4) is 22.8 Å². The van der Waals surface area contributed by atoms with Gasteiger partial charge in [0.25, 0.3) is 5.91 Å². The zero-order valence-corrected chi connectivity index (χ0v) is 19.9. The Hall–Kier alpha value is -3.77. The highest BCUT2D eigenvalue weighted by Gasteiger charge is 2.21. The molecule has 0 saturated heterocycles. The highest BCUT2D eigenvalue weighted by Crippen LogP contribution is 2.35. The van der Waals surface area contributed by atoms with Crippen molar-refractivity contribution in [1.82, 2.24) is 0 Å². The number of anilines is 1. The molecule has 3 aromatic carbocycles. The second kappa shape index (κ2) is 10.0. The molecular formula is C27H24ClNO5. The molecule has 174 valence electrons. The topological polar surface area (TPSA) is 77.8 Å². The number of hydrogen-bond donors (Lipinski definition) is 1. The summed E-state index contributed by atoms with van der Waals surface area (Å²) in [6, 6.07) is 17.6. The van der Waals surface area contributed by atoms with Crippen LogP contribution in [0.1, 0.15) is 18.1 Å². The number of carbonyl (C=O) groups is 1. The molecule has 34 heavy (non-hydrogen) atoms. The van der Waals surface area contributed by atoms with Crippen LogP contribution in [-0.4, -0.2) is 19.1 Å². The molecule has 4 rings (SSSR count). The van der Waals surface area contributed by atoms with Crippen molar-refractivity contribution in [2.24, 2.45) is 0 Å². The maximum atomic E-state index is 13.4. The number of hydrogen-bond acceptors (Lipinski definition) is 5. The van der Waals surface area contributed by atoms with Gasteiger partial charge in [-0.15, -0.1) is 0 Å². The Morgan fingerprint density at radius 2 is 1.71 bits per heavy atom. The third-order valence-electron chi connectivity index (χ3n) is 5.38. The Morgan fingerprint density at radius 1 is 1.00 bits per heavy atom. The van der Waals surface area contributed by atoms with Crippen LogP contribution in [0.5, 0.6) is 11.5 Å². The first kappa shape index (κ1) is 23.4. The predicted molar refractivity (Wildman–Crippen MR) is 134 cm³/mol. The Bertz CT molecular complexity index is 1410. The van der Waals surface area contributed by atoms with Crippen LogP contribution in [0.4, 0.5) is 5.69 Å². The van der Waals surface area contributed by atoms with Gasteiger partial charge in [0.1, 0.15) is 11.3 Å². The number of benzene rings is 3. The van der Waals surface area contributed by atoms with Crippen molar-refractivity contribution in [2.45, 2.75) is 20.8 Å². The minimum Gasteiger partial charge on any atom is -0.494 e. The van der Waals surface area contributed by atoms with E-state index in [2.05, 4.69) is 5.32 Å². The fourth-order valence-corrected chi connectivity index (χ4v) is 3.74. The van der Waals surface area contributed by atoms with Gasteiger partial charge in [-0.1, -0.05) is 23.7 Å². The van der Waals surface area contributed by atoms with E-state index in [4.69, 9.17) is 25.5 Å². The molecule has 1 aromatic heterocycles. The second-order valence-electron chi connectivity index (χ2n) is 7.80. The summed E-state index contributed by atoms with van der Waals surface area (Å²) in [5.74, 6) is 0.403. The molecule has 1 heterocycles. The Balaban J connectivity index is 1.66. The van der Waals surface area contributed by atoms with E-state index < -0.39 is 5.91 Å².